The summed E-state index contributed by atoms with van der Waals surface area (Å²) < 4.78 is 19.7. The number of unbranched alkanes of at least 4 members (excludes halogenated alkanes) is 9. The Morgan fingerprint density at radius 1 is 0.537 bits per heavy atom. The van der Waals surface area contributed by atoms with E-state index in [1.54, 1.807) is 70.3 Å². The Kier molecular flexibility index (Phi) is 35.2. The molecule has 0 aliphatic carbocycles. The van der Waals surface area contributed by atoms with Gasteiger partial charge in [0.05, 0.1) is 53.8 Å². The number of thioether (sulfide) groups is 1. The van der Waals surface area contributed by atoms with Crippen LogP contribution in [-0.2, 0) is 18.8 Å². The van der Waals surface area contributed by atoms with E-state index in [0.717, 1.165) is 118 Å². The van der Waals surface area contributed by atoms with E-state index in [1.807, 2.05) is 55.3 Å². The number of amidine groups is 1. The number of aryl methyl sites for hydroxylation is 2. The number of carbonyl (C=O) groups excluding carboxylic acids is 6. The molecule has 4 aromatic rings. The first-order valence-electron chi connectivity index (χ1n) is 32.6. The number of hydrazone groups is 3. The van der Waals surface area contributed by atoms with Crippen molar-refractivity contribution in [2.75, 3.05) is 131 Å². The number of amides is 9. The van der Waals surface area contributed by atoms with Crippen LogP contribution in [0.2, 0.25) is 5.02 Å². The van der Waals surface area contributed by atoms with Crippen LogP contribution < -0.4 is 58.1 Å². The number of fused-ring (bicyclic) bond motifs is 1. The third-order valence-corrected chi connectivity index (χ3v) is 16.8. The molecule has 0 atom stereocenters. The number of hydrogen-bond acceptors (Lipinski definition) is 14. The third-order valence-electron chi connectivity index (χ3n) is 15.4. The lowest BCUT2D eigenvalue weighted by molar-refractivity contribution is 0.0497. The monoisotopic (exact) mass is 1360 g/mol. The number of esters is 1. The second-order valence-corrected chi connectivity index (χ2v) is 23.5. The molecule has 0 bridgehead atoms. The number of nitrogens with zero attached hydrogens (tertiary/aromatic N) is 12. The van der Waals surface area contributed by atoms with Crippen molar-refractivity contribution in [3.8, 4) is 11.5 Å². The molecule has 0 saturated carbocycles. The molecule has 8 N–H and O–H groups in total. The predicted octanol–water partition coefficient (Wildman–Crippen LogP) is 8.44. The van der Waals surface area contributed by atoms with Crippen molar-refractivity contribution in [3.63, 3.8) is 0 Å². The van der Waals surface area contributed by atoms with Crippen molar-refractivity contribution < 1.29 is 43.0 Å². The average molecular weight is 1360 g/mol. The third kappa shape index (κ3) is 25.1. The fourth-order valence-corrected chi connectivity index (χ4v) is 11.1. The summed E-state index contributed by atoms with van der Waals surface area (Å²) in [5.74, 6) is 3.18. The molecule has 3 fully saturated rings. The first kappa shape index (κ1) is 78.6. The normalized spacial score (nSPS) is 13.8. The minimum Gasteiger partial charge on any atom is -0.497 e. The highest BCUT2D eigenvalue weighted by Crippen LogP contribution is 2.27. The van der Waals surface area contributed by atoms with Crippen LogP contribution in [-0.4, -0.2) is 212 Å². The molecule has 4 heterocycles. The van der Waals surface area contributed by atoms with Gasteiger partial charge in [-0.05, 0) is 89.6 Å². The Morgan fingerprint density at radius 3 is 1.53 bits per heavy atom. The van der Waals surface area contributed by atoms with Crippen molar-refractivity contribution >= 4 is 98.9 Å². The van der Waals surface area contributed by atoms with Gasteiger partial charge in [0, 0.05) is 125 Å². The summed E-state index contributed by atoms with van der Waals surface area (Å²) in [7, 11) is 13.3. The van der Waals surface area contributed by atoms with E-state index in [0.29, 0.717) is 45.5 Å². The smallest absolute Gasteiger partial charge is 0.339 e. The lowest BCUT2D eigenvalue weighted by Gasteiger charge is -2.20. The minimum absolute atomic E-state index is 0.163. The number of guanidine groups is 2. The van der Waals surface area contributed by atoms with Gasteiger partial charge in [-0.2, -0.15) is 0 Å². The van der Waals surface area contributed by atoms with Crippen LogP contribution in [0.3, 0.4) is 0 Å². The molecule has 7 rings (SSSR count). The van der Waals surface area contributed by atoms with Crippen molar-refractivity contribution in [3.05, 3.63) is 76.4 Å². The van der Waals surface area contributed by atoms with Gasteiger partial charge in [-0.3, -0.25) is 4.79 Å². The van der Waals surface area contributed by atoms with Crippen molar-refractivity contribution in [2.24, 2.45) is 34.5 Å². The zero-order valence-electron chi connectivity index (χ0n) is 58.1. The number of benzene rings is 3. The second-order valence-electron chi connectivity index (χ2n) is 22.0. The number of ether oxygens (including phenoxy) is 3. The van der Waals surface area contributed by atoms with Crippen LogP contribution in [0.1, 0.15) is 126 Å². The fraction of sp³-hybridized carbons (Fsp3) is 0.562. The number of methoxy groups -OCH3 is 2. The Balaban J connectivity index is 0.000000286. The standard InChI is InChI=1S/C27H44ClN5O3.C18H28N6O3.C12H17N5O2.C7H14N4OS/c1-4-7-8-9-10-11-12-13-14-15-20-36-25(34)22-16-17-23(28)24(21-22)29-26(35)30-31-27-32(5-2)18-19-33(27)6-3;1-6-23-10-11-24(7-2)18(23)21-20-17(26)19-14-12-13(16(25)22(3)4)8-9-15(14)27-5;1-13-11(18)14-15-12-16(2)9-6-5-8(19-4)7-10(9)17(12)3;1-3-11-4-5-13-7(11)10-9-6(12)8-2/h16-17,21H,4-15,18-20H2,1-3H3,(H2,29,30,35);8-9,12H,6-7,10-11H2,1-5H3,(H2,19,20,26);5-7H,1-4H3,(H2,13,14,18);3-5H2,1-2H3,(H2,8,9,12)/b;;15-12-;10-7+. The van der Waals surface area contributed by atoms with Gasteiger partial charge in [-0.25, -0.2) is 45.7 Å². The SMILES string of the molecule is CCCCCCCCCCCCOC(=O)c1ccc(Cl)c(NC(=O)NN=C2N(CC)CCN2CC)c1.CCN1CCN(CC)C1=NNC(=O)Nc1cc(C(=O)N(C)C)ccc1OC.CCN1CCS/C1=N/NC(=O)NC.CNC(=O)N/N=c1/n(C)c2ccc(OC)cc2n1C. The number of hydrogen-bond donors (Lipinski definition) is 8. The predicted molar refractivity (Wildman–Crippen MR) is 379 cm³/mol. The van der Waals surface area contributed by atoms with E-state index >= 15 is 0 Å². The summed E-state index contributed by atoms with van der Waals surface area (Å²) in [6.07, 6.45) is 12.3. The van der Waals surface area contributed by atoms with Gasteiger partial charge in [0.1, 0.15) is 11.5 Å². The van der Waals surface area contributed by atoms with Crippen molar-refractivity contribution in [1.29, 1.82) is 0 Å². The molecule has 95 heavy (non-hydrogen) atoms. The highest BCUT2D eigenvalue weighted by atomic mass is 35.5. The van der Waals surface area contributed by atoms with Crippen LogP contribution in [0.15, 0.2) is 75.0 Å². The summed E-state index contributed by atoms with van der Waals surface area (Å²) in [6, 6.07) is 13.7. The molecule has 1 aromatic heterocycles. The maximum atomic E-state index is 12.5. The number of aromatic nitrogens is 2. The zero-order valence-corrected chi connectivity index (χ0v) is 59.7. The summed E-state index contributed by atoms with van der Waals surface area (Å²) >= 11 is 7.90. The van der Waals surface area contributed by atoms with Crippen LogP contribution >= 0.6 is 23.4 Å². The maximum absolute atomic E-state index is 12.5. The van der Waals surface area contributed by atoms with E-state index in [4.69, 9.17) is 25.8 Å². The Bertz CT molecular complexity index is 3260. The molecule has 31 heteroatoms. The van der Waals surface area contributed by atoms with Crippen LogP contribution in [0.25, 0.3) is 11.0 Å². The number of anilines is 2. The van der Waals surface area contributed by atoms with Crippen molar-refractivity contribution in [1.82, 2.24) is 70.9 Å². The molecule has 3 saturated heterocycles. The number of carbonyl (C=O) groups is 6. The van der Waals surface area contributed by atoms with Gasteiger partial charge >= 0.3 is 30.1 Å². The number of imidazole rings is 1. The molecule has 0 radical (unpaired) electrons. The van der Waals surface area contributed by atoms with Crippen LogP contribution in [0.4, 0.5) is 30.6 Å². The molecule has 3 aromatic carbocycles. The average Bonchev–Trinajstić information content (AvgIpc) is 1.64. The molecule has 9 amide bonds. The first-order chi connectivity index (χ1) is 45.8. The Labute approximate surface area is 569 Å². The van der Waals surface area contributed by atoms with E-state index < -0.39 is 18.0 Å². The van der Waals surface area contributed by atoms with Crippen LogP contribution in [0.5, 0.6) is 11.5 Å². The highest BCUT2D eigenvalue weighted by Gasteiger charge is 2.26. The fourth-order valence-electron chi connectivity index (χ4n) is 9.96. The lowest BCUT2D eigenvalue weighted by atomic mass is 10.1. The number of halogens is 1. The van der Waals surface area contributed by atoms with Gasteiger partial charge in [0.25, 0.3) is 5.91 Å². The quantitative estimate of drug-likeness (QED) is 0.0166. The number of likely N-dealkylation sites (N-methyl/N-ethyl adjacent to an activating group) is 4. The van der Waals surface area contributed by atoms with Gasteiger partial charge in [0.15, 0.2) is 5.17 Å². The maximum Gasteiger partial charge on any atom is 0.339 e. The highest BCUT2D eigenvalue weighted by molar-refractivity contribution is 8.14. The zero-order chi connectivity index (χ0) is 69.8. The summed E-state index contributed by atoms with van der Waals surface area (Å²) in [5, 5.41) is 28.1. The lowest BCUT2D eigenvalue weighted by Crippen LogP contribution is -2.37. The van der Waals surface area contributed by atoms with E-state index in [-0.39, 0.29) is 18.0 Å². The van der Waals surface area contributed by atoms with Gasteiger partial charge in [-0.1, -0.05) is 88.1 Å². The van der Waals surface area contributed by atoms with Gasteiger partial charge in [0.2, 0.25) is 17.5 Å². The second kappa shape index (κ2) is 42.5. The van der Waals surface area contributed by atoms with Gasteiger partial charge < -0.3 is 74.0 Å². The molecule has 3 aliphatic heterocycles. The topological polar surface area (TPSA) is 305 Å². The summed E-state index contributed by atoms with van der Waals surface area (Å²) in [6.45, 7) is 21.6. The van der Waals surface area contributed by atoms with E-state index in [2.05, 4.69) is 116 Å². The molecule has 3 aliphatic rings. The summed E-state index contributed by atoms with van der Waals surface area (Å²) in [5.41, 5.74) is 14.0. The Morgan fingerprint density at radius 2 is 1.02 bits per heavy atom. The van der Waals surface area contributed by atoms with Gasteiger partial charge in [-0.15, -0.1) is 20.4 Å². The number of nitrogens with one attached hydrogen (secondary N) is 8. The molecular formula is C64H103ClN20O9S. The van der Waals surface area contributed by atoms with E-state index in [9.17, 15) is 28.8 Å². The molecular weight excluding hydrogens is 1260 g/mol. The minimum atomic E-state index is -0.528. The molecule has 0 unspecified atom stereocenters. The van der Waals surface area contributed by atoms with Crippen molar-refractivity contribution in [2.45, 2.75) is 106 Å². The number of urea groups is 4. The molecule has 0 spiro atoms. The van der Waals surface area contributed by atoms with E-state index in [1.165, 1.54) is 76.5 Å². The number of rotatable bonds is 26. The molecule has 526 valence electrons. The summed E-state index contributed by atoms with van der Waals surface area (Å²) in [4.78, 5) is 83.3. The Hall–Kier alpha value is -8.80. The largest absolute Gasteiger partial charge is 0.497 e. The molecule has 29 nitrogen and oxygen atoms in total. The van der Waals surface area contributed by atoms with Crippen LogP contribution in [0, 0.1) is 0 Å². The first-order valence-corrected chi connectivity index (χ1v) is 33.9.